The molecule has 2 aromatic carbocycles. The third-order valence-corrected chi connectivity index (χ3v) is 5.68. The van der Waals surface area contributed by atoms with Crippen LogP contribution in [-0.2, 0) is 6.42 Å². The quantitative estimate of drug-likeness (QED) is 0.587. The fourth-order valence-electron chi connectivity index (χ4n) is 3.73. The fraction of sp³-hybridized carbons (Fsp3) is 0.364. The van der Waals surface area contributed by atoms with E-state index < -0.39 is 5.54 Å². The molecule has 0 bridgehead atoms. The highest BCUT2D eigenvalue weighted by Gasteiger charge is 2.31. The summed E-state index contributed by atoms with van der Waals surface area (Å²) in [5.74, 6) is 1.05. The number of aryl methyl sites for hydroxylation is 2. The zero-order valence-electron chi connectivity index (χ0n) is 16.7. The van der Waals surface area contributed by atoms with Crippen LogP contribution in [0.25, 0.3) is 22.8 Å². The van der Waals surface area contributed by atoms with Crippen LogP contribution in [0.15, 0.2) is 40.9 Å². The van der Waals surface area contributed by atoms with Crippen molar-refractivity contribution < 1.29 is 14.7 Å². The summed E-state index contributed by atoms with van der Waals surface area (Å²) in [5.41, 5.74) is 11.4. The molecule has 2 heterocycles. The summed E-state index contributed by atoms with van der Waals surface area (Å²) in [6.07, 6.45) is 0.811. The molecule has 0 aliphatic carbocycles. The molecule has 0 radical (unpaired) electrons. The van der Waals surface area contributed by atoms with Crippen molar-refractivity contribution in [3.05, 3.63) is 53.1 Å². The Morgan fingerprint density at radius 3 is 2.66 bits per heavy atom. The lowest BCUT2D eigenvalue weighted by Gasteiger charge is -2.31. The number of hydrogen-bond acceptors (Lipinski definition) is 7. The number of nitrogens with zero attached hydrogens (tertiary/aromatic N) is 3. The van der Waals surface area contributed by atoms with Crippen molar-refractivity contribution in [2.75, 3.05) is 31.2 Å². The van der Waals surface area contributed by atoms with Gasteiger partial charge in [0.15, 0.2) is 0 Å². The van der Waals surface area contributed by atoms with Crippen LogP contribution in [0.3, 0.4) is 0 Å². The highest BCUT2D eigenvalue weighted by atomic mass is 16.5. The van der Waals surface area contributed by atoms with Gasteiger partial charge in [-0.1, -0.05) is 23.4 Å². The number of aliphatic hydroxyl groups excluding tert-OH is 2. The first-order valence-corrected chi connectivity index (χ1v) is 9.73. The van der Waals surface area contributed by atoms with Crippen LogP contribution in [0.1, 0.15) is 16.7 Å². The zero-order chi connectivity index (χ0) is 20.6. The Hall–Kier alpha value is -2.74. The van der Waals surface area contributed by atoms with E-state index in [1.165, 1.54) is 11.1 Å². The molecule has 1 aliphatic rings. The number of fused-ring (bicyclic) bond motifs is 1. The SMILES string of the molecule is Cc1ccc(-c2nc(-c3cccc4c3CCN4CC(N)(CO)CO)no2)cc1C. The molecule has 0 fully saturated rings. The van der Waals surface area contributed by atoms with Gasteiger partial charge >= 0.3 is 0 Å². The second kappa shape index (κ2) is 7.59. The number of benzene rings is 2. The van der Waals surface area contributed by atoms with E-state index in [0.29, 0.717) is 18.3 Å². The number of hydrogen-bond donors (Lipinski definition) is 3. The van der Waals surface area contributed by atoms with Gasteiger partial charge in [0.05, 0.1) is 18.8 Å². The molecule has 1 aromatic heterocycles. The first kappa shape index (κ1) is 19.6. The molecule has 29 heavy (non-hydrogen) atoms. The van der Waals surface area contributed by atoms with Crippen LogP contribution >= 0.6 is 0 Å². The van der Waals surface area contributed by atoms with Crippen LogP contribution in [0, 0.1) is 13.8 Å². The summed E-state index contributed by atoms with van der Waals surface area (Å²) in [6, 6.07) is 12.1. The van der Waals surface area contributed by atoms with Gasteiger partial charge in [-0.05, 0) is 55.2 Å². The van der Waals surface area contributed by atoms with Gasteiger partial charge in [0, 0.05) is 29.9 Å². The summed E-state index contributed by atoms with van der Waals surface area (Å²) < 4.78 is 5.54. The lowest BCUT2D eigenvalue weighted by atomic mass is 10.0. The minimum Gasteiger partial charge on any atom is -0.394 e. The van der Waals surface area contributed by atoms with Gasteiger partial charge in [0.2, 0.25) is 5.82 Å². The predicted octanol–water partition coefficient (Wildman–Crippen LogP) is 2.07. The van der Waals surface area contributed by atoms with Gasteiger partial charge in [0.25, 0.3) is 5.89 Å². The second-order valence-corrected chi connectivity index (χ2v) is 7.88. The van der Waals surface area contributed by atoms with Crippen molar-refractivity contribution in [2.45, 2.75) is 25.8 Å². The van der Waals surface area contributed by atoms with E-state index in [9.17, 15) is 10.2 Å². The first-order valence-electron chi connectivity index (χ1n) is 9.73. The van der Waals surface area contributed by atoms with Crippen LogP contribution in [0.2, 0.25) is 0 Å². The standard InChI is InChI=1S/C22H26N4O3/c1-14-6-7-16(10-15(14)2)21-24-20(25-29-21)18-4-3-5-19-17(18)8-9-26(19)11-22(23,12-27)13-28/h3-7,10,27-28H,8-9,11-13,23H2,1-2H3. The maximum atomic E-state index is 9.53. The van der Waals surface area contributed by atoms with Crippen LogP contribution in [0.4, 0.5) is 5.69 Å². The molecule has 7 nitrogen and oxygen atoms in total. The summed E-state index contributed by atoms with van der Waals surface area (Å²) in [7, 11) is 0. The molecular weight excluding hydrogens is 368 g/mol. The van der Waals surface area contributed by atoms with Gasteiger partial charge in [0.1, 0.15) is 0 Å². The first-order chi connectivity index (χ1) is 13.9. The molecule has 0 saturated carbocycles. The van der Waals surface area contributed by atoms with Crippen molar-refractivity contribution in [1.82, 2.24) is 10.1 Å². The third-order valence-electron chi connectivity index (χ3n) is 5.68. The Morgan fingerprint density at radius 2 is 1.93 bits per heavy atom. The molecule has 152 valence electrons. The van der Waals surface area contributed by atoms with E-state index in [0.717, 1.165) is 35.3 Å². The van der Waals surface area contributed by atoms with Crippen molar-refractivity contribution in [2.24, 2.45) is 5.73 Å². The molecular formula is C22H26N4O3. The average molecular weight is 394 g/mol. The Morgan fingerprint density at radius 1 is 1.14 bits per heavy atom. The molecule has 0 atom stereocenters. The number of aromatic nitrogens is 2. The fourth-order valence-corrected chi connectivity index (χ4v) is 3.73. The Balaban J connectivity index is 1.65. The summed E-state index contributed by atoms with van der Waals surface area (Å²) in [4.78, 5) is 6.72. The Kier molecular flexibility index (Phi) is 5.12. The number of anilines is 1. The minimum absolute atomic E-state index is 0.279. The second-order valence-electron chi connectivity index (χ2n) is 7.88. The van der Waals surface area contributed by atoms with Gasteiger partial charge in [-0.25, -0.2) is 0 Å². The Bertz CT molecular complexity index is 1030. The largest absolute Gasteiger partial charge is 0.394 e. The molecule has 4 rings (SSSR count). The van der Waals surface area contributed by atoms with E-state index in [2.05, 4.69) is 28.9 Å². The van der Waals surface area contributed by atoms with Gasteiger partial charge in [-0.3, -0.25) is 0 Å². The molecule has 0 amide bonds. The van der Waals surface area contributed by atoms with Gasteiger partial charge < -0.3 is 25.4 Å². The van der Waals surface area contributed by atoms with E-state index in [-0.39, 0.29) is 13.2 Å². The van der Waals surface area contributed by atoms with Crippen LogP contribution in [-0.4, -0.2) is 52.2 Å². The molecule has 4 N–H and O–H groups in total. The van der Waals surface area contributed by atoms with E-state index in [1.807, 2.05) is 36.4 Å². The number of aliphatic hydroxyl groups is 2. The maximum absolute atomic E-state index is 9.53. The summed E-state index contributed by atoms with van der Waals surface area (Å²) >= 11 is 0. The molecule has 0 unspecified atom stereocenters. The molecule has 3 aromatic rings. The van der Waals surface area contributed by atoms with Crippen molar-refractivity contribution in [1.29, 1.82) is 0 Å². The smallest absolute Gasteiger partial charge is 0.258 e. The highest BCUT2D eigenvalue weighted by Crippen LogP contribution is 2.36. The topological polar surface area (TPSA) is 109 Å². The van der Waals surface area contributed by atoms with Crippen LogP contribution < -0.4 is 10.6 Å². The third kappa shape index (κ3) is 3.64. The summed E-state index contributed by atoms with van der Waals surface area (Å²) in [5, 5.41) is 23.3. The predicted molar refractivity (Wildman–Crippen MR) is 112 cm³/mol. The Labute approximate surface area is 169 Å². The molecule has 1 aliphatic heterocycles. The maximum Gasteiger partial charge on any atom is 0.258 e. The molecule has 0 saturated heterocycles. The van der Waals surface area contributed by atoms with E-state index in [4.69, 9.17) is 10.3 Å². The van der Waals surface area contributed by atoms with Gasteiger partial charge in [-0.2, -0.15) is 4.98 Å². The van der Waals surface area contributed by atoms with Crippen molar-refractivity contribution >= 4 is 5.69 Å². The summed E-state index contributed by atoms with van der Waals surface area (Å²) in [6.45, 7) is 4.70. The minimum atomic E-state index is -1.04. The number of rotatable bonds is 6. The number of nitrogens with two attached hydrogens (primary N) is 1. The lowest BCUT2D eigenvalue weighted by Crippen LogP contribution is -2.55. The van der Waals surface area contributed by atoms with Crippen molar-refractivity contribution in [3.8, 4) is 22.8 Å². The zero-order valence-corrected chi connectivity index (χ0v) is 16.7. The monoisotopic (exact) mass is 394 g/mol. The highest BCUT2D eigenvalue weighted by molar-refractivity contribution is 5.73. The molecule has 7 heteroatoms. The average Bonchev–Trinajstić information content (AvgIpc) is 3.37. The van der Waals surface area contributed by atoms with Crippen molar-refractivity contribution in [3.63, 3.8) is 0 Å². The normalized spacial score (nSPS) is 13.8. The van der Waals surface area contributed by atoms with E-state index in [1.54, 1.807) is 0 Å². The van der Waals surface area contributed by atoms with E-state index >= 15 is 0 Å². The van der Waals surface area contributed by atoms with Crippen LogP contribution in [0.5, 0.6) is 0 Å². The van der Waals surface area contributed by atoms with Gasteiger partial charge in [-0.15, -0.1) is 0 Å². The molecule has 0 spiro atoms. The lowest BCUT2D eigenvalue weighted by molar-refractivity contribution is 0.125.